The number of carbonyl (C=O) groups excluding carboxylic acids is 1. The maximum atomic E-state index is 10.9. The number of hydrogen-bond acceptors (Lipinski definition) is 2. The van der Waals surface area contributed by atoms with Gasteiger partial charge in [0.05, 0.1) is 6.10 Å². The molecule has 0 aliphatic heterocycles. The molecular weight excluding hydrogens is 346 g/mol. The summed E-state index contributed by atoms with van der Waals surface area (Å²) >= 11 is 0. The summed E-state index contributed by atoms with van der Waals surface area (Å²) in [7, 11) is 0. The van der Waals surface area contributed by atoms with Crippen LogP contribution in [0.25, 0.3) is 0 Å². The van der Waals surface area contributed by atoms with Gasteiger partial charge in [0, 0.05) is 12.6 Å². The highest BCUT2D eigenvalue weighted by Gasteiger charge is 2.27. The van der Waals surface area contributed by atoms with Gasteiger partial charge in [0.2, 0.25) is 6.41 Å². The van der Waals surface area contributed by atoms with E-state index in [1.165, 1.54) is 44.9 Å². The monoisotopic (exact) mass is 395 g/mol. The highest BCUT2D eigenvalue weighted by Crippen LogP contribution is 2.31. The van der Waals surface area contributed by atoms with Crippen LogP contribution in [0.5, 0.6) is 0 Å². The van der Waals surface area contributed by atoms with Crippen LogP contribution in [0.2, 0.25) is 0 Å². The lowest BCUT2D eigenvalue weighted by molar-refractivity contribution is -0.121. The molecule has 1 amide bonds. The Balaban J connectivity index is 0. The Bertz CT molecular complexity index is 355. The maximum absolute atomic E-state index is 10.9. The zero-order valence-corrected chi connectivity index (χ0v) is 19.7. The third-order valence-corrected chi connectivity index (χ3v) is 4.79. The van der Waals surface area contributed by atoms with Crippen molar-refractivity contribution in [2.45, 2.75) is 118 Å². The number of hydrogen-bond donors (Lipinski definition) is 1. The van der Waals surface area contributed by atoms with Gasteiger partial charge in [0.25, 0.3) is 0 Å². The van der Waals surface area contributed by atoms with Gasteiger partial charge < -0.3 is 10.0 Å². The second-order valence-electron chi connectivity index (χ2n) is 7.47. The van der Waals surface area contributed by atoms with E-state index < -0.39 is 0 Å². The van der Waals surface area contributed by atoms with Crippen molar-refractivity contribution in [1.29, 1.82) is 0 Å². The predicted octanol–water partition coefficient (Wildman–Crippen LogP) is 6.91. The van der Waals surface area contributed by atoms with E-state index in [0.717, 1.165) is 38.1 Å². The van der Waals surface area contributed by atoms with Gasteiger partial charge in [0.1, 0.15) is 0 Å². The molecule has 3 nitrogen and oxygen atoms in total. The van der Waals surface area contributed by atoms with Crippen LogP contribution >= 0.6 is 0 Å². The Morgan fingerprint density at radius 2 is 1.39 bits per heavy atom. The maximum Gasteiger partial charge on any atom is 0.209 e. The van der Waals surface area contributed by atoms with Crippen molar-refractivity contribution in [1.82, 2.24) is 4.90 Å². The number of aliphatic hydroxyl groups excluding tert-OH is 1. The van der Waals surface area contributed by atoms with Crippen molar-refractivity contribution < 1.29 is 9.90 Å². The summed E-state index contributed by atoms with van der Waals surface area (Å²) in [5, 5.41) is 8.36. The molecular formula is C25H49NO2. The molecule has 1 N–H and O–H groups in total. The van der Waals surface area contributed by atoms with Crippen molar-refractivity contribution in [3.8, 4) is 0 Å². The standard InChI is InChI=1S/C11H19NO.C8H14.C4H10O.C2H6/c13-9-12(8-10-6-7-10)11-4-2-1-3-5-11;1-3-5-7-8-6-4-2;1-3-4(2)5;1-2/h9-11H,1-8H2;5-8H,3-4H2,1-2H3;4-5H,3H2,1-2H3;1-2H3/b;7-5-,8-6-;;. The molecule has 0 radical (unpaired) electrons. The molecule has 2 saturated carbocycles. The van der Waals surface area contributed by atoms with Crippen LogP contribution < -0.4 is 0 Å². The SMILES string of the molecule is CC.CC/C=C\C=C/CC.CCC(C)O.O=CN(CC1CC1)C1CCCCC1. The van der Waals surface area contributed by atoms with E-state index in [4.69, 9.17) is 5.11 Å². The van der Waals surface area contributed by atoms with E-state index in [1.807, 2.05) is 20.8 Å². The first-order chi connectivity index (χ1) is 13.6. The Morgan fingerprint density at radius 3 is 1.71 bits per heavy atom. The van der Waals surface area contributed by atoms with E-state index in [-0.39, 0.29) is 6.10 Å². The van der Waals surface area contributed by atoms with Crippen molar-refractivity contribution in [2.75, 3.05) is 6.54 Å². The Labute approximate surface area is 176 Å². The van der Waals surface area contributed by atoms with Gasteiger partial charge in [0.15, 0.2) is 0 Å². The minimum absolute atomic E-state index is 0.116. The van der Waals surface area contributed by atoms with Crippen LogP contribution in [0.4, 0.5) is 0 Å². The summed E-state index contributed by atoms with van der Waals surface area (Å²) in [6.45, 7) is 13.0. The van der Waals surface area contributed by atoms with E-state index in [2.05, 4.69) is 43.1 Å². The highest BCUT2D eigenvalue weighted by atomic mass is 16.3. The van der Waals surface area contributed by atoms with Crippen LogP contribution in [0.15, 0.2) is 24.3 Å². The molecule has 0 aromatic carbocycles. The van der Waals surface area contributed by atoms with E-state index in [1.54, 1.807) is 6.92 Å². The van der Waals surface area contributed by atoms with Crippen LogP contribution in [0.3, 0.4) is 0 Å². The molecule has 28 heavy (non-hydrogen) atoms. The quantitative estimate of drug-likeness (QED) is 0.358. The van der Waals surface area contributed by atoms with Gasteiger partial charge in [-0.25, -0.2) is 0 Å². The summed E-state index contributed by atoms with van der Waals surface area (Å²) in [6, 6.07) is 0.576. The number of amides is 1. The van der Waals surface area contributed by atoms with Gasteiger partial charge in [-0.2, -0.15) is 0 Å². The molecule has 2 aliphatic carbocycles. The Kier molecular flexibility index (Phi) is 23.1. The molecule has 0 bridgehead atoms. The summed E-state index contributed by atoms with van der Waals surface area (Å²) in [5.74, 6) is 0.840. The largest absolute Gasteiger partial charge is 0.393 e. The fourth-order valence-electron chi connectivity index (χ4n) is 2.72. The molecule has 1 unspecified atom stereocenters. The minimum Gasteiger partial charge on any atom is -0.393 e. The normalized spacial score (nSPS) is 17.5. The molecule has 2 rings (SSSR count). The molecule has 1 atom stereocenters. The third kappa shape index (κ3) is 19.7. The van der Waals surface area contributed by atoms with Gasteiger partial charge in [-0.3, -0.25) is 4.79 Å². The molecule has 0 saturated heterocycles. The molecule has 0 spiro atoms. The average Bonchev–Trinajstić information content (AvgIpc) is 3.57. The first-order valence-electron chi connectivity index (χ1n) is 11.8. The topological polar surface area (TPSA) is 40.5 Å². The summed E-state index contributed by atoms with van der Waals surface area (Å²) in [6.07, 6.45) is 21.7. The summed E-state index contributed by atoms with van der Waals surface area (Å²) in [4.78, 5) is 13.0. The van der Waals surface area contributed by atoms with Crippen LogP contribution in [-0.2, 0) is 4.79 Å². The lowest BCUT2D eigenvalue weighted by atomic mass is 9.94. The van der Waals surface area contributed by atoms with Crippen LogP contribution in [-0.4, -0.2) is 35.1 Å². The lowest BCUT2D eigenvalue weighted by Crippen LogP contribution is -2.37. The number of carbonyl (C=O) groups is 1. The lowest BCUT2D eigenvalue weighted by Gasteiger charge is -2.31. The zero-order valence-electron chi connectivity index (χ0n) is 19.7. The average molecular weight is 396 g/mol. The molecule has 166 valence electrons. The zero-order chi connectivity index (χ0) is 21.6. The second-order valence-corrected chi connectivity index (χ2v) is 7.47. The predicted molar refractivity (Wildman–Crippen MR) is 125 cm³/mol. The van der Waals surface area contributed by atoms with Crippen molar-refractivity contribution >= 4 is 6.41 Å². The molecule has 2 aliphatic rings. The first-order valence-corrected chi connectivity index (χ1v) is 11.8. The third-order valence-electron chi connectivity index (χ3n) is 4.79. The minimum atomic E-state index is -0.116. The number of nitrogens with zero attached hydrogens (tertiary/aromatic N) is 1. The van der Waals surface area contributed by atoms with Crippen molar-refractivity contribution in [3.63, 3.8) is 0 Å². The van der Waals surface area contributed by atoms with Gasteiger partial charge in [-0.05, 0) is 57.8 Å². The Morgan fingerprint density at radius 1 is 0.929 bits per heavy atom. The molecule has 3 heteroatoms. The molecule has 0 aromatic heterocycles. The molecule has 2 fully saturated rings. The van der Waals surface area contributed by atoms with E-state index in [0.29, 0.717) is 6.04 Å². The molecule has 0 heterocycles. The van der Waals surface area contributed by atoms with Crippen molar-refractivity contribution in [2.24, 2.45) is 5.92 Å². The number of rotatable bonds is 8. The highest BCUT2D eigenvalue weighted by molar-refractivity contribution is 5.47. The fraction of sp³-hybridized carbons (Fsp3) is 0.800. The van der Waals surface area contributed by atoms with E-state index >= 15 is 0 Å². The molecule has 0 aromatic rings. The number of allylic oxidation sites excluding steroid dienone is 4. The second kappa shape index (κ2) is 22.2. The summed E-state index contributed by atoms with van der Waals surface area (Å²) < 4.78 is 0. The van der Waals surface area contributed by atoms with Crippen LogP contribution in [0, 0.1) is 5.92 Å². The van der Waals surface area contributed by atoms with Crippen molar-refractivity contribution in [3.05, 3.63) is 24.3 Å². The van der Waals surface area contributed by atoms with Gasteiger partial charge >= 0.3 is 0 Å². The smallest absolute Gasteiger partial charge is 0.209 e. The van der Waals surface area contributed by atoms with E-state index in [9.17, 15) is 4.79 Å². The summed E-state index contributed by atoms with van der Waals surface area (Å²) in [5.41, 5.74) is 0. The van der Waals surface area contributed by atoms with Gasteiger partial charge in [-0.15, -0.1) is 0 Å². The fourth-order valence-corrected chi connectivity index (χ4v) is 2.72. The van der Waals surface area contributed by atoms with Gasteiger partial charge in [-0.1, -0.05) is 78.2 Å². The Hall–Kier alpha value is -1.09. The number of aliphatic hydroxyl groups is 1. The van der Waals surface area contributed by atoms with Crippen LogP contribution in [0.1, 0.15) is 106 Å². The first kappa shape index (κ1) is 29.1.